The lowest BCUT2D eigenvalue weighted by atomic mass is 10.2. The smallest absolute Gasteiger partial charge is 0.233 e. The van der Waals surface area contributed by atoms with Gasteiger partial charge in [0.2, 0.25) is 10.0 Å². The molecule has 0 bridgehead atoms. The summed E-state index contributed by atoms with van der Waals surface area (Å²) in [5.41, 5.74) is 0.819. The van der Waals surface area contributed by atoms with Gasteiger partial charge in [-0.1, -0.05) is 30.3 Å². The minimum Gasteiger partial charge on any atom is -0.394 e. The molecule has 0 fully saturated rings. The van der Waals surface area contributed by atoms with E-state index in [2.05, 4.69) is 4.72 Å². The number of rotatable bonds is 8. The van der Waals surface area contributed by atoms with Crippen LogP contribution in [0.25, 0.3) is 6.08 Å². The zero-order valence-corrected chi connectivity index (χ0v) is 10.8. The maximum atomic E-state index is 11.5. The Hall–Kier alpha value is -1.21. The molecule has 18 heavy (non-hydrogen) atoms. The molecule has 0 amide bonds. The predicted octanol–water partition coefficient (Wildman–Crippen LogP) is 0.586. The lowest BCUT2D eigenvalue weighted by Gasteiger charge is -2.03. The Balaban J connectivity index is 2.38. The average Bonchev–Trinajstić information content (AvgIpc) is 2.38. The number of hydrogen-bond acceptors (Lipinski definition) is 4. The molecule has 0 atom stereocenters. The van der Waals surface area contributed by atoms with Gasteiger partial charge < -0.3 is 9.84 Å². The van der Waals surface area contributed by atoms with Gasteiger partial charge in [-0.15, -0.1) is 0 Å². The number of ether oxygens (including phenoxy) is 1. The van der Waals surface area contributed by atoms with Crippen molar-refractivity contribution in [2.45, 2.75) is 0 Å². The van der Waals surface area contributed by atoms with Crippen LogP contribution in [-0.2, 0) is 14.8 Å². The van der Waals surface area contributed by atoms with Crippen LogP contribution in [0.5, 0.6) is 0 Å². The summed E-state index contributed by atoms with van der Waals surface area (Å²) in [7, 11) is -3.44. The van der Waals surface area contributed by atoms with Crippen LogP contribution in [-0.4, -0.2) is 39.9 Å². The van der Waals surface area contributed by atoms with Crippen LogP contribution in [0.3, 0.4) is 0 Å². The van der Waals surface area contributed by atoms with Gasteiger partial charge in [-0.25, -0.2) is 13.1 Å². The van der Waals surface area contributed by atoms with Crippen molar-refractivity contribution in [2.75, 3.05) is 26.4 Å². The fourth-order valence-electron chi connectivity index (χ4n) is 1.20. The Morgan fingerprint density at radius 3 is 2.61 bits per heavy atom. The summed E-state index contributed by atoms with van der Waals surface area (Å²) in [6.45, 7) is 0.558. The van der Waals surface area contributed by atoms with Gasteiger partial charge in [0, 0.05) is 12.0 Å². The van der Waals surface area contributed by atoms with Crippen LogP contribution in [0.1, 0.15) is 5.56 Å². The molecule has 1 aromatic carbocycles. The molecule has 0 aromatic heterocycles. The molecule has 0 aliphatic carbocycles. The maximum absolute atomic E-state index is 11.5. The van der Waals surface area contributed by atoms with E-state index in [4.69, 9.17) is 9.84 Å². The topological polar surface area (TPSA) is 75.6 Å². The highest BCUT2D eigenvalue weighted by Gasteiger charge is 2.03. The molecule has 5 nitrogen and oxygen atoms in total. The third kappa shape index (κ3) is 6.51. The van der Waals surface area contributed by atoms with Crippen molar-refractivity contribution in [1.82, 2.24) is 4.72 Å². The van der Waals surface area contributed by atoms with Crippen LogP contribution >= 0.6 is 0 Å². The molecule has 0 aliphatic heterocycles. The SMILES string of the molecule is O=S(=O)(C=Cc1ccccc1)NCCOCCO. The molecule has 100 valence electrons. The third-order valence-corrected chi connectivity index (χ3v) is 3.13. The first-order chi connectivity index (χ1) is 8.64. The number of nitrogens with one attached hydrogen (secondary N) is 1. The molecule has 6 heteroatoms. The van der Waals surface area contributed by atoms with Gasteiger partial charge in [-0.3, -0.25) is 0 Å². The molecule has 1 rings (SSSR count). The van der Waals surface area contributed by atoms with E-state index in [-0.39, 0.29) is 26.4 Å². The average molecular weight is 271 g/mol. The van der Waals surface area contributed by atoms with Gasteiger partial charge in [-0.05, 0) is 11.6 Å². The minimum atomic E-state index is -3.44. The summed E-state index contributed by atoms with van der Waals surface area (Å²) in [6, 6.07) is 9.17. The molecule has 0 spiro atoms. The molecule has 0 unspecified atom stereocenters. The molecule has 0 radical (unpaired) electrons. The fourth-order valence-corrected chi connectivity index (χ4v) is 2.00. The van der Waals surface area contributed by atoms with E-state index in [9.17, 15) is 8.42 Å². The van der Waals surface area contributed by atoms with Gasteiger partial charge in [0.05, 0.1) is 19.8 Å². The van der Waals surface area contributed by atoms with Gasteiger partial charge in [0.1, 0.15) is 0 Å². The second-order valence-electron chi connectivity index (χ2n) is 3.49. The van der Waals surface area contributed by atoms with Crippen LogP contribution in [0.2, 0.25) is 0 Å². The zero-order valence-electron chi connectivity index (χ0n) is 9.95. The van der Waals surface area contributed by atoms with E-state index < -0.39 is 10.0 Å². The molecular weight excluding hydrogens is 254 g/mol. The second-order valence-corrected chi connectivity index (χ2v) is 5.14. The Morgan fingerprint density at radius 2 is 1.94 bits per heavy atom. The van der Waals surface area contributed by atoms with Crippen molar-refractivity contribution in [3.05, 3.63) is 41.3 Å². The van der Waals surface area contributed by atoms with E-state index in [0.717, 1.165) is 11.0 Å². The molecule has 0 saturated carbocycles. The van der Waals surface area contributed by atoms with Gasteiger partial charge >= 0.3 is 0 Å². The summed E-state index contributed by atoms with van der Waals surface area (Å²) in [5.74, 6) is 0. The summed E-state index contributed by atoms with van der Waals surface area (Å²) in [5, 5.41) is 9.58. The van der Waals surface area contributed by atoms with E-state index >= 15 is 0 Å². The summed E-state index contributed by atoms with van der Waals surface area (Å²) < 4.78 is 30.4. The normalized spacial score (nSPS) is 12.1. The molecule has 0 saturated heterocycles. The van der Waals surface area contributed by atoms with Crippen molar-refractivity contribution in [2.24, 2.45) is 0 Å². The summed E-state index contributed by atoms with van der Waals surface area (Å²) in [6.07, 6.45) is 1.52. The predicted molar refractivity (Wildman–Crippen MR) is 70.3 cm³/mol. The van der Waals surface area contributed by atoms with Gasteiger partial charge in [0.15, 0.2) is 0 Å². The van der Waals surface area contributed by atoms with Crippen LogP contribution in [0.15, 0.2) is 35.7 Å². The Labute approximate surface area is 107 Å². The molecule has 1 aromatic rings. The molecule has 0 aliphatic rings. The summed E-state index contributed by atoms with van der Waals surface area (Å²) >= 11 is 0. The van der Waals surface area contributed by atoms with Crippen molar-refractivity contribution in [1.29, 1.82) is 0 Å². The van der Waals surface area contributed by atoms with Crippen LogP contribution in [0, 0.1) is 0 Å². The molecule has 0 heterocycles. The third-order valence-electron chi connectivity index (χ3n) is 2.02. The largest absolute Gasteiger partial charge is 0.394 e. The summed E-state index contributed by atoms with van der Waals surface area (Å²) in [4.78, 5) is 0. The standard InChI is InChI=1S/C12H17NO4S/c14-8-10-17-9-7-13-18(15,16)11-6-12-4-2-1-3-5-12/h1-6,11,13-14H,7-10H2. The van der Waals surface area contributed by atoms with Crippen molar-refractivity contribution < 1.29 is 18.3 Å². The van der Waals surface area contributed by atoms with Gasteiger partial charge in [-0.2, -0.15) is 0 Å². The lowest BCUT2D eigenvalue weighted by Crippen LogP contribution is -2.25. The first-order valence-corrected chi connectivity index (χ1v) is 7.10. The molecular formula is C12H17NO4S. The first kappa shape index (κ1) is 14.8. The monoisotopic (exact) mass is 271 g/mol. The van der Waals surface area contributed by atoms with Gasteiger partial charge in [0.25, 0.3) is 0 Å². The van der Waals surface area contributed by atoms with E-state index in [1.54, 1.807) is 0 Å². The number of sulfonamides is 1. The highest BCUT2D eigenvalue weighted by atomic mass is 32.2. The quantitative estimate of drug-likeness (QED) is 0.678. The second kappa shape index (κ2) is 7.99. The number of aliphatic hydroxyl groups is 1. The van der Waals surface area contributed by atoms with Crippen molar-refractivity contribution >= 4 is 16.1 Å². The minimum absolute atomic E-state index is 0.0688. The van der Waals surface area contributed by atoms with E-state index in [1.165, 1.54) is 6.08 Å². The first-order valence-electron chi connectivity index (χ1n) is 5.55. The highest BCUT2D eigenvalue weighted by molar-refractivity contribution is 7.92. The Morgan fingerprint density at radius 1 is 1.22 bits per heavy atom. The van der Waals surface area contributed by atoms with E-state index in [1.807, 2.05) is 30.3 Å². The Bertz CT molecular complexity index is 456. The van der Waals surface area contributed by atoms with E-state index in [0.29, 0.717) is 0 Å². The zero-order chi connectivity index (χ0) is 13.3. The number of benzene rings is 1. The van der Waals surface area contributed by atoms with Crippen molar-refractivity contribution in [3.63, 3.8) is 0 Å². The number of hydrogen-bond donors (Lipinski definition) is 2. The maximum Gasteiger partial charge on any atom is 0.233 e. The van der Waals surface area contributed by atoms with Crippen molar-refractivity contribution in [3.8, 4) is 0 Å². The Kier molecular flexibility index (Phi) is 6.59. The van der Waals surface area contributed by atoms with Crippen LogP contribution in [0.4, 0.5) is 0 Å². The highest BCUT2D eigenvalue weighted by Crippen LogP contribution is 2.02. The van der Waals surface area contributed by atoms with Crippen LogP contribution < -0.4 is 4.72 Å². The number of aliphatic hydroxyl groups excluding tert-OH is 1. The fraction of sp³-hybridized carbons (Fsp3) is 0.333. The molecule has 2 N–H and O–H groups in total. The lowest BCUT2D eigenvalue weighted by molar-refractivity contribution is 0.0962.